The van der Waals surface area contributed by atoms with E-state index in [9.17, 15) is 27.2 Å². The molecule has 9 heteroatoms. The second-order valence-corrected chi connectivity index (χ2v) is 4.28. The van der Waals surface area contributed by atoms with Crippen LogP contribution in [0.5, 0.6) is 0 Å². The van der Waals surface area contributed by atoms with E-state index >= 15 is 0 Å². The Hall–Kier alpha value is -1.64. The van der Waals surface area contributed by atoms with E-state index in [4.69, 9.17) is 5.73 Å². The molecule has 104 valence electrons. The van der Waals surface area contributed by atoms with Crippen LogP contribution in [-0.2, 0) is 11.0 Å². The average Bonchev–Trinajstić information content (AvgIpc) is 2.26. The molecule has 19 heavy (non-hydrogen) atoms. The number of hydrogen-bond donors (Lipinski definition) is 2. The lowest BCUT2D eigenvalue weighted by molar-refractivity contribution is -0.137. The van der Waals surface area contributed by atoms with E-state index in [0.717, 1.165) is 0 Å². The van der Waals surface area contributed by atoms with Gasteiger partial charge < -0.3 is 11.1 Å². The highest BCUT2D eigenvalue weighted by Gasteiger charge is 2.32. The van der Waals surface area contributed by atoms with Crippen LogP contribution in [0.15, 0.2) is 16.6 Å². The van der Waals surface area contributed by atoms with Crippen molar-refractivity contribution in [2.24, 2.45) is 5.73 Å². The number of halogens is 5. The molecular weight excluding hydrogens is 336 g/mol. The summed E-state index contributed by atoms with van der Waals surface area (Å²) in [5.74, 6) is -2.25. The van der Waals surface area contributed by atoms with Crippen molar-refractivity contribution >= 4 is 33.4 Å². The van der Waals surface area contributed by atoms with Gasteiger partial charge >= 0.3 is 6.18 Å². The molecule has 1 aromatic rings. The minimum absolute atomic E-state index is 0.246. The SMILES string of the molecule is NC(=O)c1c(Br)cc(C(F)(F)F)cc1NC(=O)CF. The topological polar surface area (TPSA) is 72.2 Å². The molecule has 0 aliphatic heterocycles. The van der Waals surface area contributed by atoms with Crippen LogP contribution < -0.4 is 11.1 Å². The van der Waals surface area contributed by atoms with Gasteiger partial charge in [-0.15, -0.1) is 0 Å². The third kappa shape index (κ3) is 3.66. The maximum absolute atomic E-state index is 12.6. The monoisotopic (exact) mass is 342 g/mol. The number of nitrogens with one attached hydrogen (secondary N) is 1. The first-order chi connectivity index (χ1) is 8.66. The fraction of sp³-hybridized carbons (Fsp3) is 0.200. The number of amides is 2. The van der Waals surface area contributed by atoms with Crippen LogP contribution in [0.25, 0.3) is 0 Å². The summed E-state index contributed by atoms with van der Waals surface area (Å²) in [4.78, 5) is 22.0. The molecular formula is C10H7BrF4N2O2. The van der Waals surface area contributed by atoms with E-state index in [-0.39, 0.29) is 10.0 Å². The Morgan fingerprint density at radius 3 is 2.32 bits per heavy atom. The lowest BCUT2D eigenvalue weighted by atomic mass is 10.1. The Morgan fingerprint density at radius 2 is 1.89 bits per heavy atom. The number of nitrogens with two attached hydrogens (primary N) is 1. The highest BCUT2D eigenvalue weighted by atomic mass is 79.9. The molecule has 0 radical (unpaired) electrons. The zero-order chi connectivity index (χ0) is 14.8. The minimum Gasteiger partial charge on any atom is -0.365 e. The van der Waals surface area contributed by atoms with Crippen LogP contribution in [0.4, 0.5) is 23.2 Å². The number of carbonyl (C=O) groups is 2. The lowest BCUT2D eigenvalue weighted by Crippen LogP contribution is -2.21. The van der Waals surface area contributed by atoms with E-state index in [1.54, 1.807) is 0 Å². The first kappa shape index (κ1) is 15.4. The van der Waals surface area contributed by atoms with Crippen molar-refractivity contribution in [3.63, 3.8) is 0 Å². The molecule has 0 saturated carbocycles. The predicted molar refractivity (Wildman–Crippen MR) is 62.3 cm³/mol. The van der Waals surface area contributed by atoms with Crippen molar-refractivity contribution in [1.82, 2.24) is 0 Å². The van der Waals surface area contributed by atoms with Crippen molar-refractivity contribution in [2.45, 2.75) is 6.18 Å². The average molecular weight is 343 g/mol. The molecule has 0 aromatic heterocycles. The van der Waals surface area contributed by atoms with Gasteiger partial charge in [0.2, 0.25) is 0 Å². The van der Waals surface area contributed by atoms with Crippen molar-refractivity contribution in [1.29, 1.82) is 0 Å². The Kier molecular flexibility index (Phi) is 4.51. The molecule has 0 atom stereocenters. The van der Waals surface area contributed by atoms with Gasteiger partial charge in [0.15, 0.2) is 6.67 Å². The number of benzene rings is 1. The molecule has 0 heterocycles. The molecule has 0 aliphatic rings. The third-order valence-electron chi connectivity index (χ3n) is 2.06. The summed E-state index contributed by atoms with van der Waals surface area (Å²) in [7, 11) is 0. The quantitative estimate of drug-likeness (QED) is 0.828. The Bertz CT molecular complexity index is 531. The summed E-state index contributed by atoms with van der Waals surface area (Å²) < 4.78 is 49.6. The molecule has 3 N–H and O–H groups in total. The second kappa shape index (κ2) is 5.55. The van der Waals surface area contributed by atoms with E-state index in [2.05, 4.69) is 15.9 Å². The van der Waals surface area contributed by atoms with Crippen molar-refractivity contribution < 1.29 is 27.2 Å². The number of primary amides is 1. The molecule has 0 unspecified atom stereocenters. The van der Waals surface area contributed by atoms with Crippen LogP contribution >= 0.6 is 15.9 Å². The van der Waals surface area contributed by atoms with Crippen LogP contribution in [0.2, 0.25) is 0 Å². The molecule has 1 aromatic carbocycles. The molecule has 2 amide bonds. The molecule has 0 saturated heterocycles. The van der Waals surface area contributed by atoms with Crippen LogP contribution in [0, 0.1) is 0 Å². The Labute approximate surface area is 113 Å². The molecule has 1 rings (SSSR count). The maximum atomic E-state index is 12.6. The molecule has 0 aliphatic carbocycles. The second-order valence-electron chi connectivity index (χ2n) is 3.42. The molecule has 0 spiro atoms. The molecule has 0 bridgehead atoms. The first-order valence-corrected chi connectivity index (χ1v) is 5.52. The van der Waals surface area contributed by atoms with Crippen LogP contribution in [0.3, 0.4) is 0 Å². The van der Waals surface area contributed by atoms with E-state index in [0.29, 0.717) is 12.1 Å². The van der Waals surface area contributed by atoms with E-state index < -0.39 is 35.9 Å². The number of alkyl halides is 4. The number of anilines is 1. The summed E-state index contributed by atoms with van der Waals surface area (Å²) in [5, 5.41) is 1.85. The van der Waals surface area contributed by atoms with Crippen LogP contribution in [0.1, 0.15) is 15.9 Å². The molecule has 4 nitrogen and oxygen atoms in total. The standard InChI is InChI=1S/C10H7BrF4N2O2/c11-5-1-4(10(13,14)15)2-6(8(5)9(16)19)17-7(18)3-12/h1-2H,3H2,(H2,16,19)(H,17,18). The summed E-state index contributed by atoms with van der Waals surface area (Å²) in [6.07, 6.45) is -4.69. The van der Waals surface area contributed by atoms with Gasteiger partial charge in [0.05, 0.1) is 16.8 Å². The van der Waals surface area contributed by atoms with E-state index in [1.165, 1.54) is 0 Å². The van der Waals surface area contributed by atoms with Gasteiger partial charge in [-0.05, 0) is 28.1 Å². The number of carbonyl (C=O) groups excluding carboxylic acids is 2. The highest BCUT2D eigenvalue weighted by molar-refractivity contribution is 9.10. The van der Waals surface area contributed by atoms with Gasteiger partial charge in [-0.2, -0.15) is 13.2 Å². The third-order valence-corrected chi connectivity index (χ3v) is 2.68. The summed E-state index contributed by atoms with van der Waals surface area (Å²) in [5.41, 5.74) is 3.02. The summed E-state index contributed by atoms with van der Waals surface area (Å²) in [6, 6.07) is 1.16. The fourth-order valence-electron chi connectivity index (χ4n) is 1.30. The van der Waals surface area contributed by atoms with Gasteiger partial charge in [0.1, 0.15) is 0 Å². The van der Waals surface area contributed by atoms with Crippen LogP contribution in [-0.4, -0.2) is 18.5 Å². The largest absolute Gasteiger partial charge is 0.416 e. The highest BCUT2D eigenvalue weighted by Crippen LogP contribution is 2.36. The number of hydrogen-bond acceptors (Lipinski definition) is 2. The fourth-order valence-corrected chi connectivity index (χ4v) is 1.96. The smallest absolute Gasteiger partial charge is 0.365 e. The van der Waals surface area contributed by atoms with Gasteiger partial charge in [-0.25, -0.2) is 4.39 Å². The normalized spacial score (nSPS) is 11.2. The van der Waals surface area contributed by atoms with Gasteiger partial charge in [-0.1, -0.05) is 0 Å². The first-order valence-electron chi connectivity index (χ1n) is 4.73. The predicted octanol–water partition coefficient (Wildman–Crippen LogP) is 2.47. The maximum Gasteiger partial charge on any atom is 0.416 e. The lowest BCUT2D eigenvalue weighted by Gasteiger charge is -2.14. The summed E-state index contributed by atoms with van der Waals surface area (Å²) in [6.45, 7) is -1.44. The minimum atomic E-state index is -4.69. The van der Waals surface area contributed by atoms with Crippen molar-refractivity contribution in [3.05, 3.63) is 27.7 Å². The Balaban J connectivity index is 3.41. The van der Waals surface area contributed by atoms with Gasteiger partial charge in [0, 0.05) is 4.47 Å². The Morgan fingerprint density at radius 1 is 1.32 bits per heavy atom. The van der Waals surface area contributed by atoms with Gasteiger partial charge in [-0.3, -0.25) is 9.59 Å². The van der Waals surface area contributed by atoms with E-state index in [1.807, 2.05) is 5.32 Å². The summed E-state index contributed by atoms with van der Waals surface area (Å²) >= 11 is 2.76. The zero-order valence-corrected chi connectivity index (χ0v) is 10.7. The zero-order valence-electron chi connectivity index (χ0n) is 9.15. The van der Waals surface area contributed by atoms with Crippen molar-refractivity contribution in [2.75, 3.05) is 12.0 Å². The van der Waals surface area contributed by atoms with Crippen molar-refractivity contribution in [3.8, 4) is 0 Å². The van der Waals surface area contributed by atoms with Gasteiger partial charge in [0.25, 0.3) is 11.8 Å². The number of rotatable bonds is 3. The molecule has 0 fully saturated rings.